The Balaban J connectivity index is 2.27. The summed E-state index contributed by atoms with van der Waals surface area (Å²) in [6.45, 7) is 3.86. The molecule has 0 aliphatic carbocycles. The maximum atomic E-state index is 11.9. The Hall–Kier alpha value is -0.860. The lowest BCUT2D eigenvalue weighted by Crippen LogP contribution is -2.58. The molecular formula is C12H22F3N3O2. The van der Waals surface area contributed by atoms with Gasteiger partial charge in [0.1, 0.15) is 12.6 Å². The fraction of sp³-hybridized carbons (Fsp3) is 0.917. The molecule has 0 aromatic carbocycles. The van der Waals surface area contributed by atoms with E-state index in [9.17, 15) is 18.0 Å². The molecule has 5 nitrogen and oxygen atoms in total. The van der Waals surface area contributed by atoms with Crippen LogP contribution in [0.2, 0.25) is 0 Å². The molecule has 1 unspecified atom stereocenters. The van der Waals surface area contributed by atoms with Crippen LogP contribution in [0.1, 0.15) is 13.3 Å². The zero-order valence-corrected chi connectivity index (χ0v) is 11.6. The van der Waals surface area contributed by atoms with E-state index in [-0.39, 0.29) is 18.6 Å². The van der Waals surface area contributed by atoms with Crippen molar-refractivity contribution in [2.45, 2.75) is 25.6 Å². The molecule has 20 heavy (non-hydrogen) atoms. The summed E-state index contributed by atoms with van der Waals surface area (Å²) in [4.78, 5) is 13.8. The van der Waals surface area contributed by atoms with Gasteiger partial charge in [-0.2, -0.15) is 13.2 Å². The SMILES string of the molecule is CCNC(=O)C1CNCCN1CCCOCC(F)(F)F. The second-order valence-electron chi connectivity index (χ2n) is 4.67. The van der Waals surface area contributed by atoms with Crippen molar-refractivity contribution in [2.75, 3.05) is 45.9 Å². The Morgan fingerprint density at radius 3 is 2.90 bits per heavy atom. The first kappa shape index (κ1) is 17.2. The molecule has 1 fully saturated rings. The van der Waals surface area contributed by atoms with E-state index >= 15 is 0 Å². The largest absolute Gasteiger partial charge is 0.411 e. The highest BCUT2D eigenvalue weighted by molar-refractivity contribution is 5.82. The monoisotopic (exact) mass is 297 g/mol. The highest BCUT2D eigenvalue weighted by atomic mass is 19.4. The number of hydrogen-bond acceptors (Lipinski definition) is 4. The molecule has 0 saturated carbocycles. The summed E-state index contributed by atoms with van der Waals surface area (Å²) >= 11 is 0. The van der Waals surface area contributed by atoms with Crippen LogP contribution in [-0.4, -0.2) is 69.0 Å². The number of likely N-dealkylation sites (N-methyl/N-ethyl adjacent to an activating group) is 1. The molecule has 1 aliphatic rings. The summed E-state index contributed by atoms with van der Waals surface area (Å²) in [6.07, 6.45) is -3.80. The van der Waals surface area contributed by atoms with Gasteiger partial charge in [-0.1, -0.05) is 0 Å². The van der Waals surface area contributed by atoms with Gasteiger partial charge in [0.15, 0.2) is 0 Å². The van der Waals surface area contributed by atoms with Crippen molar-refractivity contribution in [1.29, 1.82) is 0 Å². The van der Waals surface area contributed by atoms with Gasteiger partial charge < -0.3 is 15.4 Å². The Morgan fingerprint density at radius 2 is 2.25 bits per heavy atom. The molecule has 0 bridgehead atoms. The number of nitrogens with zero attached hydrogens (tertiary/aromatic N) is 1. The second-order valence-corrected chi connectivity index (χ2v) is 4.67. The maximum absolute atomic E-state index is 11.9. The number of carbonyl (C=O) groups excluding carboxylic acids is 1. The summed E-state index contributed by atoms with van der Waals surface area (Å²) < 4.78 is 40.2. The molecule has 118 valence electrons. The van der Waals surface area contributed by atoms with Crippen molar-refractivity contribution in [2.24, 2.45) is 0 Å². The van der Waals surface area contributed by atoms with Crippen LogP contribution in [0.15, 0.2) is 0 Å². The summed E-state index contributed by atoms with van der Waals surface area (Å²) in [5.41, 5.74) is 0. The van der Waals surface area contributed by atoms with Crippen molar-refractivity contribution in [3.63, 3.8) is 0 Å². The molecule has 8 heteroatoms. The minimum Gasteiger partial charge on any atom is -0.372 e. The summed E-state index contributed by atoms with van der Waals surface area (Å²) in [6, 6.07) is -0.258. The predicted molar refractivity (Wildman–Crippen MR) is 68.4 cm³/mol. The molecular weight excluding hydrogens is 275 g/mol. The smallest absolute Gasteiger partial charge is 0.372 e. The fourth-order valence-corrected chi connectivity index (χ4v) is 2.12. The standard InChI is InChI=1S/C12H22F3N3O2/c1-2-17-11(19)10-8-16-4-6-18(10)5-3-7-20-9-12(13,14)15/h10,16H,2-9H2,1H3,(H,17,19). The summed E-state index contributed by atoms with van der Waals surface area (Å²) in [5.74, 6) is -0.0455. The van der Waals surface area contributed by atoms with Crippen LogP contribution in [0.3, 0.4) is 0 Å². The fourth-order valence-electron chi connectivity index (χ4n) is 2.12. The summed E-state index contributed by atoms with van der Waals surface area (Å²) in [5, 5.41) is 5.91. The number of halogens is 3. The van der Waals surface area contributed by atoms with E-state index in [0.717, 1.165) is 6.54 Å². The van der Waals surface area contributed by atoms with Gasteiger partial charge >= 0.3 is 6.18 Å². The van der Waals surface area contributed by atoms with Crippen molar-refractivity contribution in [3.8, 4) is 0 Å². The second kappa shape index (κ2) is 8.43. The molecule has 0 radical (unpaired) electrons. The molecule has 1 saturated heterocycles. The average molecular weight is 297 g/mol. The van der Waals surface area contributed by atoms with E-state index in [4.69, 9.17) is 0 Å². The molecule has 0 aromatic heterocycles. The van der Waals surface area contributed by atoms with Crippen LogP contribution in [0.25, 0.3) is 0 Å². The van der Waals surface area contributed by atoms with Gasteiger partial charge in [0.25, 0.3) is 0 Å². The molecule has 1 amide bonds. The molecule has 1 heterocycles. The molecule has 2 N–H and O–H groups in total. The third kappa shape index (κ3) is 6.53. The van der Waals surface area contributed by atoms with Gasteiger partial charge in [0.2, 0.25) is 5.91 Å². The van der Waals surface area contributed by atoms with E-state index in [2.05, 4.69) is 15.4 Å². The summed E-state index contributed by atoms with van der Waals surface area (Å²) in [7, 11) is 0. The van der Waals surface area contributed by atoms with Crippen LogP contribution in [0.5, 0.6) is 0 Å². The normalized spacial score (nSPS) is 20.9. The minimum absolute atomic E-state index is 0.0455. The van der Waals surface area contributed by atoms with Gasteiger partial charge in [-0.05, 0) is 13.3 Å². The number of amides is 1. The van der Waals surface area contributed by atoms with E-state index in [1.165, 1.54) is 0 Å². The Bertz CT molecular complexity index is 300. The predicted octanol–water partition coefficient (Wildman–Crippen LogP) is 0.365. The van der Waals surface area contributed by atoms with Crippen molar-refractivity contribution in [3.05, 3.63) is 0 Å². The molecule has 0 spiro atoms. The number of nitrogens with one attached hydrogen (secondary N) is 2. The van der Waals surface area contributed by atoms with Gasteiger partial charge in [0.05, 0.1) is 0 Å². The lowest BCUT2D eigenvalue weighted by Gasteiger charge is -2.35. The number of rotatable bonds is 7. The van der Waals surface area contributed by atoms with Gasteiger partial charge in [-0.25, -0.2) is 0 Å². The van der Waals surface area contributed by atoms with Crippen LogP contribution >= 0.6 is 0 Å². The van der Waals surface area contributed by atoms with Crippen LogP contribution in [0, 0.1) is 0 Å². The van der Waals surface area contributed by atoms with E-state index in [1.807, 2.05) is 11.8 Å². The topological polar surface area (TPSA) is 53.6 Å². The zero-order valence-electron chi connectivity index (χ0n) is 11.6. The molecule has 0 aromatic rings. The van der Waals surface area contributed by atoms with Gasteiger partial charge in [-0.3, -0.25) is 9.69 Å². The van der Waals surface area contributed by atoms with Crippen molar-refractivity contribution in [1.82, 2.24) is 15.5 Å². The molecule has 1 aliphatic heterocycles. The average Bonchev–Trinajstić information content (AvgIpc) is 2.38. The highest BCUT2D eigenvalue weighted by Gasteiger charge is 2.29. The third-order valence-electron chi connectivity index (χ3n) is 3.01. The van der Waals surface area contributed by atoms with E-state index in [1.54, 1.807) is 0 Å². The lowest BCUT2D eigenvalue weighted by molar-refractivity contribution is -0.174. The Labute approximate surface area is 116 Å². The van der Waals surface area contributed by atoms with Crippen LogP contribution < -0.4 is 10.6 Å². The number of alkyl halides is 3. The van der Waals surface area contributed by atoms with E-state index < -0.39 is 12.8 Å². The van der Waals surface area contributed by atoms with Gasteiger partial charge in [-0.15, -0.1) is 0 Å². The first-order chi connectivity index (χ1) is 9.44. The third-order valence-corrected chi connectivity index (χ3v) is 3.01. The number of hydrogen-bond donors (Lipinski definition) is 2. The number of piperazine rings is 1. The van der Waals surface area contributed by atoms with Gasteiger partial charge in [0, 0.05) is 39.3 Å². The van der Waals surface area contributed by atoms with Crippen molar-refractivity contribution < 1.29 is 22.7 Å². The quantitative estimate of drug-likeness (QED) is 0.667. The van der Waals surface area contributed by atoms with Crippen LogP contribution in [-0.2, 0) is 9.53 Å². The molecule has 1 atom stereocenters. The van der Waals surface area contributed by atoms with Crippen LogP contribution in [0.4, 0.5) is 13.2 Å². The lowest BCUT2D eigenvalue weighted by atomic mass is 10.1. The Kier molecular flexibility index (Phi) is 7.25. The number of ether oxygens (including phenoxy) is 1. The first-order valence-corrected chi connectivity index (χ1v) is 6.81. The minimum atomic E-state index is -4.28. The maximum Gasteiger partial charge on any atom is 0.411 e. The van der Waals surface area contributed by atoms with Crippen molar-refractivity contribution >= 4 is 5.91 Å². The first-order valence-electron chi connectivity index (χ1n) is 6.81. The van der Waals surface area contributed by atoms with E-state index in [0.29, 0.717) is 32.6 Å². The highest BCUT2D eigenvalue weighted by Crippen LogP contribution is 2.14. The zero-order chi connectivity index (χ0) is 15.0. The Morgan fingerprint density at radius 1 is 1.50 bits per heavy atom. The molecule has 1 rings (SSSR count). The number of carbonyl (C=O) groups is 1.